The summed E-state index contributed by atoms with van der Waals surface area (Å²) in [5.74, 6) is -0.424. The number of fused-ring (bicyclic) bond motifs is 1. The lowest BCUT2D eigenvalue weighted by Crippen LogP contribution is -2.45. The number of amides is 1. The summed E-state index contributed by atoms with van der Waals surface area (Å²) >= 11 is 0. The summed E-state index contributed by atoms with van der Waals surface area (Å²) in [5, 5.41) is 2.13. The number of nitrogens with zero attached hydrogens (tertiary/aromatic N) is 2. The van der Waals surface area contributed by atoms with Gasteiger partial charge in [0.05, 0.1) is 35.0 Å². The molecule has 0 radical (unpaired) electrons. The summed E-state index contributed by atoms with van der Waals surface area (Å²) in [5.41, 5.74) is -2.23. The molecule has 0 aliphatic carbocycles. The van der Waals surface area contributed by atoms with E-state index in [1.165, 1.54) is 6.20 Å². The van der Waals surface area contributed by atoms with Gasteiger partial charge in [-0.3, -0.25) is 14.6 Å². The van der Waals surface area contributed by atoms with Crippen molar-refractivity contribution in [3.8, 4) is 0 Å². The molecule has 164 valence electrons. The van der Waals surface area contributed by atoms with Gasteiger partial charge < -0.3 is 19.4 Å². The first-order valence-electron chi connectivity index (χ1n) is 9.52. The van der Waals surface area contributed by atoms with Gasteiger partial charge in [0.25, 0.3) is 11.5 Å². The predicted molar refractivity (Wildman–Crippen MR) is 106 cm³/mol. The quantitative estimate of drug-likeness (QED) is 0.653. The maximum absolute atomic E-state index is 13.2. The van der Waals surface area contributed by atoms with Crippen LogP contribution in [0.25, 0.3) is 11.1 Å². The topological polar surface area (TPSA) is 100 Å². The fourth-order valence-electron chi connectivity index (χ4n) is 3.59. The maximum atomic E-state index is 13.2. The van der Waals surface area contributed by atoms with Crippen LogP contribution in [0.15, 0.2) is 39.7 Å². The van der Waals surface area contributed by atoms with Gasteiger partial charge >= 0.3 is 6.18 Å². The lowest BCUT2D eigenvalue weighted by atomic mass is 10.1. The molecule has 1 amide bonds. The number of carbonyl (C=O) groups excluding carboxylic acids is 1. The van der Waals surface area contributed by atoms with Gasteiger partial charge in [-0.15, -0.1) is 0 Å². The molecule has 1 aliphatic heterocycles. The van der Waals surface area contributed by atoms with Gasteiger partial charge in [-0.2, -0.15) is 13.2 Å². The third-order valence-corrected chi connectivity index (χ3v) is 4.81. The Labute approximate surface area is 174 Å². The van der Waals surface area contributed by atoms with Gasteiger partial charge in [-0.05, 0) is 32.0 Å². The van der Waals surface area contributed by atoms with E-state index in [-0.39, 0.29) is 18.0 Å². The molecule has 0 aromatic carbocycles. The Morgan fingerprint density at radius 1 is 1.23 bits per heavy atom. The van der Waals surface area contributed by atoms with Gasteiger partial charge in [0, 0.05) is 19.2 Å². The average Bonchev–Trinajstić information content (AvgIpc) is 3.10. The minimum atomic E-state index is -4.77. The maximum Gasteiger partial charge on any atom is 0.417 e. The van der Waals surface area contributed by atoms with Crippen molar-refractivity contribution in [3.63, 3.8) is 0 Å². The molecule has 2 N–H and O–H groups in total. The Morgan fingerprint density at radius 3 is 2.55 bits per heavy atom. The van der Waals surface area contributed by atoms with E-state index >= 15 is 0 Å². The number of rotatable bonds is 3. The highest BCUT2D eigenvalue weighted by atomic mass is 19.4. The number of nitrogens with one attached hydrogen (secondary N) is 2. The highest BCUT2D eigenvalue weighted by Crippen LogP contribution is 2.34. The molecule has 0 bridgehead atoms. The first-order chi connectivity index (χ1) is 14.6. The van der Waals surface area contributed by atoms with Crippen LogP contribution in [0.3, 0.4) is 0 Å². The number of anilines is 2. The van der Waals surface area contributed by atoms with Crippen LogP contribution in [0.2, 0.25) is 0 Å². The standard InChI is InChI=1S/C20H19F3N4O4/c1-10-8-27(9-11(2)30-10)16-4-3-12(7-24-16)25-18(29)15-5-13-14(20(21,22)23)6-17(28)26-19(13)31-15/h3-7,10-11H,8-9H2,1-2H3,(H,25,29)(H,26,28). The van der Waals surface area contributed by atoms with Crippen LogP contribution < -0.4 is 15.8 Å². The zero-order valence-electron chi connectivity index (χ0n) is 16.6. The van der Waals surface area contributed by atoms with Crippen LogP contribution in [0.1, 0.15) is 30.0 Å². The van der Waals surface area contributed by atoms with E-state index in [1.54, 1.807) is 12.1 Å². The Morgan fingerprint density at radius 2 is 1.94 bits per heavy atom. The van der Waals surface area contributed by atoms with Crippen molar-refractivity contribution in [2.24, 2.45) is 0 Å². The van der Waals surface area contributed by atoms with Gasteiger partial charge in [0.15, 0.2) is 5.76 Å². The second-order valence-corrected chi connectivity index (χ2v) is 7.42. The zero-order valence-corrected chi connectivity index (χ0v) is 16.6. The number of ether oxygens (including phenoxy) is 1. The van der Waals surface area contributed by atoms with Crippen LogP contribution in [-0.4, -0.2) is 41.2 Å². The first kappa shape index (κ1) is 20.9. The summed E-state index contributed by atoms with van der Waals surface area (Å²) in [6, 6.07) is 4.74. The van der Waals surface area contributed by atoms with E-state index in [0.29, 0.717) is 24.8 Å². The van der Waals surface area contributed by atoms with Crippen LogP contribution >= 0.6 is 0 Å². The smallest absolute Gasteiger partial charge is 0.417 e. The predicted octanol–water partition coefficient (Wildman–Crippen LogP) is 3.40. The van der Waals surface area contributed by atoms with Crippen LogP contribution in [-0.2, 0) is 10.9 Å². The number of halogens is 3. The number of H-pyrrole nitrogens is 1. The van der Waals surface area contributed by atoms with E-state index in [1.807, 2.05) is 13.8 Å². The van der Waals surface area contributed by atoms with Crippen molar-refractivity contribution in [1.82, 2.24) is 9.97 Å². The largest absolute Gasteiger partial charge is 0.434 e. The van der Waals surface area contributed by atoms with Crippen molar-refractivity contribution in [3.05, 3.63) is 52.1 Å². The summed E-state index contributed by atoms with van der Waals surface area (Å²) in [6.45, 7) is 5.31. The first-order valence-corrected chi connectivity index (χ1v) is 9.52. The highest BCUT2D eigenvalue weighted by molar-refractivity contribution is 6.04. The second kappa shape index (κ2) is 7.73. The van der Waals surface area contributed by atoms with Crippen molar-refractivity contribution in [1.29, 1.82) is 0 Å². The van der Waals surface area contributed by atoms with E-state index < -0.39 is 34.3 Å². The SMILES string of the molecule is CC1CN(c2ccc(NC(=O)c3cc4c(C(F)(F)F)cc(=O)[nH]c4o3)cn2)CC(C)O1. The molecule has 1 aliphatic rings. The molecule has 3 aromatic rings. The molecule has 2 unspecified atom stereocenters. The third-order valence-electron chi connectivity index (χ3n) is 4.81. The molecule has 4 rings (SSSR count). The molecular formula is C20H19F3N4O4. The van der Waals surface area contributed by atoms with E-state index in [2.05, 4.69) is 20.2 Å². The molecule has 8 nitrogen and oxygen atoms in total. The van der Waals surface area contributed by atoms with Crippen LogP contribution in [0.5, 0.6) is 0 Å². The molecule has 11 heteroatoms. The number of carbonyl (C=O) groups is 1. The second-order valence-electron chi connectivity index (χ2n) is 7.42. The van der Waals surface area contributed by atoms with Crippen LogP contribution in [0.4, 0.5) is 24.7 Å². The summed E-state index contributed by atoms with van der Waals surface area (Å²) in [7, 11) is 0. The van der Waals surface area contributed by atoms with Gasteiger partial charge in [0.2, 0.25) is 5.71 Å². The normalized spacial score (nSPS) is 19.6. The molecule has 4 heterocycles. The average molecular weight is 436 g/mol. The van der Waals surface area contributed by atoms with E-state index in [0.717, 1.165) is 11.9 Å². The third kappa shape index (κ3) is 4.41. The number of morpholine rings is 1. The number of alkyl halides is 3. The molecule has 31 heavy (non-hydrogen) atoms. The number of hydrogen-bond donors (Lipinski definition) is 2. The Kier molecular flexibility index (Phi) is 5.21. The Bertz CT molecular complexity index is 1160. The molecular weight excluding hydrogens is 417 g/mol. The molecule has 2 atom stereocenters. The molecule has 3 aromatic heterocycles. The summed E-state index contributed by atoms with van der Waals surface area (Å²) in [4.78, 5) is 32.5. The Balaban J connectivity index is 1.53. The number of furan rings is 1. The number of aromatic amines is 1. The number of pyridine rings is 2. The lowest BCUT2D eigenvalue weighted by molar-refractivity contribution is -0.136. The van der Waals surface area contributed by atoms with Gasteiger partial charge in [-0.1, -0.05) is 0 Å². The molecule has 0 saturated carbocycles. The highest BCUT2D eigenvalue weighted by Gasteiger charge is 2.35. The summed E-state index contributed by atoms with van der Waals surface area (Å²) in [6.07, 6.45) is -3.20. The fraction of sp³-hybridized carbons (Fsp3) is 0.350. The van der Waals surface area contributed by atoms with E-state index in [9.17, 15) is 22.8 Å². The minimum Gasteiger partial charge on any atom is -0.434 e. The fourth-order valence-corrected chi connectivity index (χ4v) is 3.59. The van der Waals surface area contributed by atoms with Crippen LogP contribution in [0, 0.1) is 0 Å². The van der Waals surface area contributed by atoms with Crippen molar-refractivity contribution in [2.45, 2.75) is 32.2 Å². The van der Waals surface area contributed by atoms with Crippen molar-refractivity contribution < 1.29 is 27.1 Å². The van der Waals surface area contributed by atoms with Gasteiger partial charge in [-0.25, -0.2) is 4.98 Å². The minimum absolute atomic E-state index is 0.0612. The molecule has 1 fully saturated rings. The van der Waals surface area contributed by atoms with Gasteiger partial charge in [0.1, 0.15) is 5.82 Å². The number of aromatic nitrogens is 2. The lowest BCUT2D eigenvalue weighted by Gasteiger charge is -2.36. The van der Waals surface area contributed by atoms with E-state index in [4.69, 9.17) is 9.15 Å². The van der Waals surface area contributed by atoms with Crippen molar-refractivity contribution in [2.75, 3.05) is 23.3 Å². The Hall–Kier alpha value is -3.34. The zero-order chi connectivity index (χ0) is 22.3. The number of hydrogen-bond acceptors (Lipinski definition) is 6. The van der Waals surface area contributed by atoms with Crippen molar-refractivity contribution >= 4 is 28.5 Å². The monoisotopic (exact) mass is 436 g/mol. The molecule has 1 saturated heterocycles. The molecule has 0 spiro atoms. The summed E-state index contributed by atoms with van der Waals surface area (Å²) < 4.78 is 50.4.